The molecular formula is C16H23NO5. The average Bonchev–Trinajstić information content (AvgIpc) is 2.45. The zero-order valence-electron chi connectivity index (χ0n) is 13.0. The largest absolute Gasteiger partial charge is 0.491 e. The summed E-state index contributed by atoms with van der Waals surface area (Å²) in [7, 11) is 0. The Morgan fingerprint density at radius 1 is 1.18 bits per heavy atom. The van der Waals surface area contributed by atoms with Gasteiger partial charge >= 0.3 is 5.97 Å². The van der Waals surface area contributed by atoms with Crippen LogP contribution in [-0.4, -0.2) is 42.3 Å². The van der Waals surface area contributed by atoms with E-state index >= 15 is 0 Å². The van der Waals surface area contributed by atoms with Crippen molar-refractivity contribution in [2.24, 2.45) is 0 Å². The fourth-order valence-corrected chi connectivity index (χ4v) is 1.80. The Balaban J connectivity index is 2.13. The lowest BCUT2D eigenvalue weighted by Gasteiger charge is -2.25. The van der Waals surface area contributed by atoms with Crippen molar-refractivity contribution < 1.29 is 24.2 Å². The number of carboxylic acid groups (broad SMARTS) is 1. The van der Waals surface area contributed by atoms with Crippen LogP contribution in [0.1, 0.15) is 26.7 Å². The molecule has 0 fully saturated rings. The fourth-order valence-electron chi connectivity index (χ4n) is 1.80. The summed E-state index contributed by atoms with van der Waals surface area (Å²) in [6.07, 6.45) is 0.379. The Bertz CT molecular complexity index is 473. The van der Waals surface area contributed by atoms with Crippen molar-refractivity contribution in [3.8, 4) is 5.75 Å². The van der Waals surface area contributed by atoms with Crippen molar-refractivity contribution >= 4 is 11.9 Å². The highest BCUT2D eigenvalue weighted by Gasteiger charge is 2.21. The molecule has 0 aliphatic carbocycles. The summed E-state index contributed by atoms with van der Waals surface area (Å²) in [6, 6.07) is 9.35. The first-order valence-corrected chi connectivity index (χ1v) is 7.17. The number of amides is 1. The van der Waals surface area contributed by atoms with E-state index in [0.717, 1.165) is 5.75 Å². The van der Waals surface area contributed by atoms with Crippen LogP contribution >= 0.6 is 0 Å². The van der Waals surface area contributed by atoms with E-state index in [1.54, 1.807) is 13.8 Å². The van der Waals surface area contributed by atoms with E-state index in [1.807, 2.05) is 30.3 Å². The molecule has 0 saturated heterocycles. The number of carboxylic acids is 1. The van der Waals surface area contributed by atoms with Crippen LogP contribution in [0.25, 0.3) is 0 Å². The van der Waals surface area contributed by atoms with Gasteiger partial charge in [-0.3, -0.25) is 9.59 Å². The molecule has 1 aromatic carbocycles. The van der Waals surface area contributed by atoms with Gasteiger partial charge in [0.25, 0.3) is 0 Å². The van der Waals surface area contributed by atoms with Crippen molar-refractivity contribution in [2.45, 2.75) is 32.2 Å². The average molecular weight is 309 g/mol. The second kappa shape index (κ2) is 9.04. The predicted octanol–water partition coefficient (Wildman–Crippen LogP) is 1.84. The van der Waals surface area contributed by atoms with E-state index in [1.165, 1.54) is 0 Å². The van der Waals surface area contributed by atoms with Gasteiger partial charge in [0.2, 0.25) is 5.91 Å². The molecule has 0 aliphatic rings. The summed E-state index contributed by atoms with van der Waals surface area (Å²) < 4.78 is 10.7. The molecule has 0 spiro atoms. The number of hydrogen-bond donors (Lipinski definition) is 2. The van der Waals surface area contributed by atoms with Crippen LogP contribution < -0.4 is 10.1 Å². The lowest BCUT2D eigenvalue weighted by atomic mass is 9.98. The van der Waals surface area contributed by atoms with E-state index in [-0.39, 0.29) is 18.9 Å². The topological polar surface area (TPSA) is 84.9 Å². The molecule has 6 nitrogen and oxygen atoms in total. The van der Waals surface area contributed by atoms with E-state index in [0.29, 0.717) is 19.6 Å². The Kier molecular flexibility index (Phi) is 7.39. The Morgan fingerprint density at radius 3 is 2.50 bits per heavy atom. The van der Waals surface area contributed by atoms with Gasteiger partial charge in [-0.1, -0.05) is 18.2 Å². The van der Waals surface area contributed by atoms with Crippen molar-refractivity contribution in [3.63, 3.8) is 0 Å². The molecule has 0 heterocycles. The summed E-state index contributed by atoms with van der Waals surface area (Å²) >= 11 is 0. The Labute approximate surface area is 130 Å². The summed E-state index contributed by atoms with van der Waals surface area (Å²) in [5.41, 5.74) is -0.570. The second-order valence-electron chi connectivity index (χ2n) is 5.54. The van der Waals surface area contributed by atoms with Gasteiger partial charge in [-0.2, -0.15) is 0 Å². The molecule has 6 heteroatoms. The van der Waals surface area contributed by atoms with Gasteiger partial charge < -0.3 is 19.9 Å². The number of carbonyl (C=O) groups excluding carboxylic acids is 1. The molecule has 0 saturated carbocycles. The van der Waals surface area contributed by atoms with Crippen LogP contribution in [0, 0.1) is 0 Å². The van der Waals surface area contributed by atoms with Gasteiger partial charge in [0.05, 0.1) is 6.61 Å². The summed E-state index contributed by atoms with van der Waals surface area (Å²) in [4.78, 5) is 22.3. The van der Waals surface area contributed by atoms with E-state index in [9.17, 15) is 9.59 Å². The van der Waals surface area contributed by atoms with E-state index in [2.05, 4.69) is 5.32 Å². The normalized spacial score (nSPS) is 11.0. The highest BCUT2D eigenvalue weighted by atomic mass is 16.5. The van der Waals surface area contributed by atoms with Gasteiger partial charge in [-0.25, -0.2) is 0 Å². The fraction of sp³-hybridized carbons (Fsp3) is 0.500. The minimum absolute atomic E-state index is 0.0129. The maximum Gasteiger partial charge on any atom is 0.303 e. The van der Waals surface area contributed by atoms with Crippen LogP contribution in [0.5, 0.6) is 5.75 Å². The highest BCUT2D eigenvalue weighted by Crippen LogP contribution is 2.11. The van der Waals surface area contributed by atoms with E-state index < -0.39 is 11.5 Å². The van der Waals surface area contributed by atoms with Crippen LogP contribution in [0.3, 0.4) is 0 Å². The van der Waals surface area contributed by atoms with Gasteiger partial charge in [0.1, 0.15) is 19.0 Å². The minimum Gasteiger partial charge on any atom is -0.491 e. The number of nitrogens with one attached hydrogen (secondary N) is 1. The smallest absolute Gasteiger partial charge is 0.303 e. The molecule has 0 atom stereocenters. The number of aliphatic carboxylic acids is 1. The van der Waals surface area contributed by atoms with Crippen molar-refractivity contribution in [2.75, 3.05) is 19.8 Å². The molecule has 122 valence electrons. The number of ether oxygens (including phenoxy) is 2. The van der Waals surface area contributed by atoms with Gasteiger partial charge in [-0.05, 0) is 32.4 Å². The Morgan fingerprint density at radius 2 is 1.86 bits per heavy atom. The maximum atomic E-state index is 11.7. The monoisotopic (exact) mass is 309 g/mol. The third-order valence-electron chi connectivity index (χ3n) is 2.91. The molecule has 0 unspecified atom stereocenters. The maximum absolute atomic E-state index is 11.7. The molecular weight excluding hydrogens is 286 g/mol. The zero-order valence-corrected chi connectivity index (χ0v) is 13.0. The van der Waals surface area contributed by atoms with Crippen LogP contribution in [-0.2, 0) is 14.3 Å². The number of carbonyl (C=O) groups is 2. The third-order valence-corrected chi connectivity index (χ3v) is 2.91. The molecule has 0 aromatic heterocycles. The molecule has 1 rings (SSSR count). The zero-order chi connectivity index (χ0) is 16.4. The van der Waals surface area contributed by atoms with Crippen LogP contribution in [0.15, 0.2) is 30.3 Å². The number of para-hydroxylation sites is 1. The third kappa shape index (κ3) is 8.26. The summed E-state index contributed by atoms with van der Waals surface area (Å²) in [5.74, 6) is -0.392. The molecule has 1 aromatic rings. The highest BCUT2D eigenvalue weighted by molar-refractivity contribution is 5.78. The first kappa shape index (κ1) is 18.0. The van der Waals surface area contributed by atoms with Gasteiger partial charge in [0, 0.05) is 12.0 Å². The summed E-state index contributed by atoms with van der Waals surface area (Å²) in [5, 5.41) is 11.4. The van der Waals surface area contributed by atoms with Crippen molar-refractivity contribution in [3.05, 3.63) is 30.3 Å². The lowest BCUT2D eigenvalue weighted by molar-refractivity contribution is -0.138. The van der Waals surface area contributed by atoms with Crippen molar-refractivity contribution in [1.29, 1.82) is 0 Å². The molecule has 0 aliphatic heterocycles. The lowest BCUT2D eigenvalue weighted by Crippen LogP contribution is -2.45. The minimum atomic E-state index is -0.878. The SMILES string of the molecule is CC(C)(CCC(=O)O)NC(=O)COCCOc1ccccc1. The van der Waals surface area contributed by atoms with Crippen LogP contribution in [0.2, 0.25) is 0 Å². The first-order chi connectivity index (χ1) is 10.4. The van der Waals surface area contributed by atoms with E-state index in [4.69, 9.17) is 14.6 Å². The predicted molar refractivity (Wildman–Crippen MR) is 81.8 cm³/mol. The molecule has 22 heavy (non-hydrogen) atoms. The van der Waals surface area contributed by atoms with Gasteiger partial charge in [0.15, 0.2) is 0 Å². The quantitative estimate of drug-likeness (QED) is 0.644. The number of benzene rings is 1. The second-order valence-corrected chi connectivity index (χ2v) is 5.54. The van der Waals surface area contributed by atoms with Crippen LogP contribution in [0.4, 0.5) is 0 Å². The first-order valence-electron chi connectivity index (χ1n) is 7.17. The van der Waals surface area contributed by atoms with Gasteiger partial charge in [-0.15, -0.1) is 0 Å². The summed E-state index contributed by atoms with van der Waals surface area (Å²) in [6.45, 7) is 4.16. The van der Waals surface area contributed by atoms with Crippen molar-refractivity contribution in [1.82, 2.24) is 5.32 Å². The number of hydrogen-bond acceptors (Lipinski definition) is 4. The molecule has 1 amide bonds. The number of rotatable bonds is 10. The molecule has 0 radical (unpaired) electrons. The Hall–Kier alpha value is -2.08. The molecule has 0 bridgehead atoms. The standard InChI is InChI=1S/C16H23NO5/c1-16(2,9-8-15(19)20)17-14(18)12-21-10-11-22-13-6-4-3-5-7-13/h3-7H,8-12H2,1-2H3,(H,17,18)(H,19,20). The molecule has 2 N–H and O–H groups in total.